The average molecular weight is 425 g/mol. The molecule has 0 aliphatic carbocycles. The molecule has 1 aromatic heterocycles. The van der Waals surface area contributed by atoms with Crippen molar-refractivity contribution in [3.8, 4) is 0 Å². The van der Waals surface area contributed by atoms with Gasteiger partial charge in [0.25, 0.3) is 0 Å². The molecule has 2 aliphatic heterocycles. The van der Waals surface area contributed by atoms with E-state index in [0.717, 1.165) is 69.3 Å². The molecule has 4 rings (SSSR count). The minimum absolute atomic E-state index is 0.0521. The molecule has 0 unspecified atom stereocenters. The molecule has 8 nitrogen and oxygen atoms in total. The normalized spacial score (nSPS) is 17.5. The van der Waals surface area contributed by atoms with E-state index in [1.54, 1.807) is 6.33 Å². The fourth-order valence-electron chi connectivity index (χ4n) is 4.25. The number of piperidine rings is 1. The molecule has 2 aliphatic rings. The van der Waals surface area contributed by atoms with Crippen molar-refractivity contribution in [2.24, 2.45) is 5.92 Å². The van der Waals surface area contributed by atoms with E-state index in [1.807, 2.05) is 25.2 Å². The van der Waals surface area contributed by atoms with Gasteiger partial charge in [-0.2, -0.15) is 0 Å². The van der Waals surface area contributed by atoms with Gasteiger partial charge >= 0.3 is 0 Å². The van der Waals surface area contributed by atoms with Crippen LogP contribution in [0.5, 0.6) is 0 Å². The number of carbonyl (C=O) groups excluding carboxylic acids is 1. The Labute approximate surface area is 184 Å². The Bertz CT molecular complexity index is 859. The number of ether oxygens (including phenoxy) is 1. The number of hydrogen-bond acceptors (Lipinski definition) is 7. The van der Waals surface area contributed by atoms with Crippen molar-refractivity contribution in [2.45, 2.75) is 19.4 Å². The first-order valence-electron chi connectivity index (χ1n) is 11.0. The summed E-state index contributed by atoms with van der Waals surface area (Å²) in [5, 5.41) is 3.13. The topological polar surface area (TPSA) is 73.8 Å². The minimum atomic E-state index is 0.0521. The monoisotopic (exact) mass is 424 g/mol. The molecule has 2 saturated heterocycles. The summed E-state index contributed by atoms with van der Waals surface area (Å²) < 4.78 is 5.41. The zero-order valence-electron chi connectivity index (χ0n) is 18.5. The van der Waals surface area contributed by atoms with Crippen LogP contribution >= 0.6 is 0 Å². The van der Waals surface area contributed by atoms with E-state index in [4.69, 9.17) is 4.74 Å². The smallest absolute Gasteiger partial charge is 0.223 e. The van der Waals surface area contributed by atoms with Gasteiger partial charge < -0.3 is 24.8 Å². The van der Waals surface area contributed by atoms with E-state index in [0.29, 0.717) is 6.54 Å². The predicted molar refractivity (Wildman–Crippen MR) is 123 cm³/mol. The summed E-state index contributed by atoms with van der Waals surface area (Å²) in [4.78, 5) is 27.9. The number of morpholine rings is 1. The number of nitrogens with one attached hydrogen (secondary N) is 1. The highest BCUT2D eigenvalue weighted by Crippen LogP contribution is 2.29. The van der Waals surface area contributed by atoms with Gasteiger partial charge in [0.05, 0.1) is 25.1 Å². The van der Waals surface area contributed by atoms with Gasteiger partial charge in [-0.25, -0.2) is 9.97 Å². The maximum atomic E-state index is 12.7. The Balaban J connectivity index is 1.26. The first-order chi connectivity index (χ1) is 15.1. The first-order valence-corrected chi connectivity index (χ1v) is 11.0. The SMILES string of the molecule is CN(C)c1ncncc1N1CCC(C(=O)NCc2ccc(N3CCOCC3)cc2)CC1. The van der Waals surface area contributed by atoms with Crippen LogP contribution in [0.3, 0.4) is 0 Å². The van der Waals surface area contributed by atoms with Crippen molar-refractivity contribution in [3.63, 3.8) is 0 Å². The largest absolute Gasteiger partial charge is 0.378 e. The number of benzene rings is 1. The van der Waals surface area contributed by atoms with E-state index in [1.165, 1.54) is 5.69 Å². The van der Waals surface area contributed by atoms with Crippen molar-refractivity contribution >= 4 is 23.1 Å². The third-order valence-electron chi connectivity index (χ3n) is 6.08. The van der Waals surface area contributed by atoms with Crippen LogP contribution < -0.4 is 20.0 Å². The number of amides is 1. The lowest BCUT2D eigenvalue weighted by Crippen LogP contribution is -2.41. The lowest BCUT2D eigenvalue weighted by atomic mass is 9.95. The molecule has 0 spiro atoms. The number of anilines is 3. The summed E-state index contributed by atoms with van der Waals surface area (Å²) in [5.41, 5.74) is 3.37. The third kappa shape index (κ3) is 5.25. The summed E-state index contributed by atoms with van der Waals surface area (Å²) in [6, 6.07) is 8.48. The lowest BCUT2D eigenvalue weighted by molar-refractivity contribution is -0.125. The molecule has 0 saturated carbocycles. The highest BCUT2D eigenvalue weighted by atomic mass is 16.5. The number of carbonyl (C=O) groups is 1. The van der Waals surface area contributed by atoms with Crippen LogP contribution in [0.25, 0.3) is 0 Å². The van der Waals surface area contributed by atoms with Crippen molar-refractivity contribution in [1.29, 1.82) is 0 Å². The van der Waals surface area contributed by atoms with Gasteiger partial charge in [-0.05, 0) is 30.5 Å². The van der Waals surface area contributed by atoms with Crippen LogP contribution in [0.1, 0.15) is 18.4 Å². The molecule has 0 atom stereocenters. The summed E-state index contributed by atoms with van der Waals surface area (Å²) in [5.74, 6) is 1.11. The zero-order valence-corrected chi connectivity index (χ0v) is 18.5. The fourth-order valence-corrected chi connectivity index (χ4v) is 4.25. The Hall–Kier alpha value is -2.87. The maximum absolute atomic E-state index is 12.7. The molecule has 1 aromatic carbocycles. The highest BCUT2D eigenvalue weighted by molar-refractivity contribution is 5.79. The summed E-state index contributed by atoms with van der Waals surface area (Å²) >= 11 is 0. The van der Waals surface area contributed by atoms with E-state index in [-0.39, 0.29) is 11.8 Å². The van der Waals surface area contributed by atoms with Gasteiger partial charge in [-0.15, -0.1) is 0 Å². The van der Waals surface area contributed by atoms with Crippen LogP contribution in [0, 0.1) is 5.92 Å². The Morgan fingerprint density at radius 2 is 1.81 bits per heavy atom. The molecule has 31 heavy (non-hydrogen) atoms. The second-order valence-corrected chi connectivity index (χ2v) is 8.37. The first kappa shape index (κ1) is 21.4. The molecule has 2 fully saturated rings. The molecule has 0 bridgehead atoms. The third-order valence-corrected chi connectivity index (χ3v) is 6.08. The van der Waals surface area contributed by atoms with Crippen LogP contribution in [0.15, 0.2) is 36.8 Å². The van der Waals surface area contributed by atoms with Gasteiger partial charge in [0.15, 0.2) is 5.82 Å². The maximum Gasteiger partial charge on any atom is 0.223 e. The van der Waals surface area contributed by atoms with Gasteiger partial charge in [0.2, 0.25) is 5.91 Å². The van der Waals surface area contributed by atoms with E-state index in [2.05, 4.69) is 49.4 Å². The Morgan fingerprint density at radius 3 is 2.48 bits per heavy atom. The van der Waals surface area contributed by atoms with Crippen LogP contribution in [-0.2, 0) is 16.1 Å². The van der Waals surface area contributed by atoms with Gasteiger partial charge in [-0.3, -0.25) is 4.79 Å². The van der Waals surface area contributed by atoms with E-state index in [9.17, 15) is 4.79 Å². The molecular weight excluding hydrogens is 392 g/mol. The highest BCUT2D eigenvalue weighted by Gasteiger charge is 2.26. The quantitative estimate of drug-likeness (QED) is 0.759. The minimum Gasteiger partial charge on any atom is -0.378 e. The Kier molecular flexibility index (Phi) is 6.86. The van der Waals surface area contributed by atoms with Crippen LogP contribution in [0.4, 0.5) is 17.2 Å². The van der Waals surface area contributed by atoms with Crippen molar-refractivity contribution in [3.05, 3.63) is 42.4 Å². The van der Waals surface area contributed by atoms with Gasteiger partial charge in [-0.1, -0.05) is 12.1 Å². The lowest BCUT2D eigenvalue weighted by Gasteiger charge is -2.34. The number of nitrogens with zero attached hydrogens (tertiary/aromatic N) is 5. The molecular formula is C23H32N6O2. The van der Waals surface area contributed by atoms with Crippen LogP contribution in [0.2, 0.25) is 0 Å². The average Bonchev–Trinajstić information content (AvgIpc) is 2.83. The Morgan fingerprint density at radius 1 is 1.10 bits per heavy atom. The van der Waals surface area contributed by atoms with Gasteiger partial charge in [0.1, 0.15) is 6.33 Å². The summed E-state index contributed by atoms with van der Waals surface area (Å²) in [7, 11) is 3.97. The number of hydrogen-bond donors (Lipinski definition) is 1. The molecule has 1 N–H and O–H groups in total. The van der Waals surface area contributed by atoms with E-state index < -0.39 is 0 Å². The fraction of sp³-hybridized carbons (Fsp3) is 0.522. The predicted octanol–water partition coefficient (Wildman–Crippen LogP) is 1.91. The van der Waals surface area contributed by atoms with Crippen molar-refractivity contribution in [1.82, 2.24) is 15.3 Å². The van der Waals surface area contributed by atoms with E-state index >= 15 is 0 Å². The zero-order chi connectivity index (χ0) is 21.6. The van der Waals surface area contributed by atoms with Crippen molar-refractivity contribution in [2.75, 3.05) is 68.2 Å². The molecule has 3 heterocycles. The molecule has 8 heteroatoms. The second-order valence-electron chi connectivity index (χ2n) is 8.37. The molecule has 1 amide bonds. The molecule has 2 aromatic rings. The number of rotatable bonds is 6. The number of aromatic nitrogens is 2. The van der Waals surface area contributed by atoms with Crippen molar-refractivity contribution < 1.29 is 9.53 Å². The second kappa shape index (κ2) is 9.96. The standard InChI is InChI=1S/C23H32N6O2/c1-27(2)22-21(16-24-17-26-22)29-9-7-19(8-10-29)23(30)25-15-18-3-5-20(6-4-18)28-11-13-31-14-12-28/h3-6,16-17,19H,7-15H2,1-2H3,(H,25,30). The van der Waals surface area contributed by atoms with Gasteiger partial charge in [0, 0.05) is 58.4 Å². The van der Waals surface area contributed by atoms with Crippen LogP contribution in [-0.4, -0.2) is 69.4 Å². The molecule has 0 radical (unpaired) electrons. The summed E-state index contributed by atoms with van der Waals surface area (Å²) in [6.07, 6.45) is 5.11. The summed E-state index contributed by atoms with van der Waals surface area (Å²) in [6.45, 7) is 5.66. The molecule has 166 valence electrons.